The molecule has 0 fully saturated rings. The summed E-state index contributed by atoms with van der Waals surface area (Å²) in [7, 11) is 0. The average molecular weight is 247 g/mol. The van der Waals surface area contributed by atoms with Crippen molar-refractivity contribution < 1.29 is 0 Å². The third-order valence-corrected chi connectivity index (χ3v) is 3.58. The Balaban J connectivity index is 2.25. The number of hydrogen-bond donors (Lipinski definition) is 0. The second-order valence-corrected chi connectivity index (χ2v) is 4.83. The number of aromatic nitrogens is 1. The summed E-state index contributed by atoms with van der Waals surface area (Å²) in [6, 6.07) is 23.3. The number of aryl methyl sites for hydroxylation is 1. The molecule has 3 rings (SSSR count). The maximum Gasteiger partial charge on any atom is 0.0534 e. The number of para-hydroxylation sites is 1. The van der Waals surface area contributed by atoms with E-state index in [1.54, 1.807) is 0 Å². The summed E-state index contributed by atoms with van der Waals surface area (Å²) in [6.45, 7) is 4.34. The second-order valence-electron chi connectivity index (χ2n) is 4.83. The van der Waals surface area contributed by atoms with E-state index in [2.05, 4.69) is 85.1 Å². The molecule has 0 unspecified atom stereocenters. The summed E-state index contributed by atoms with van der Waals surface area (Å²) < 4.78 is 2.32. The zero-order chi connectivity index (χ0) is 13.2. The highest BCUT2D eigenvalue weighted by Crippen LogP contribution is 2.28. The van der Waals surface area contributed by atoms with Gasteiger partial charge in [-0.25, -0.2) is 0 Å². The van der Waals surface area contributed by atoms with Crippen molar-refractivity contribution in [2.75, 3.05) is 0 Å². The minimum absolute atomic E-state index is 1.21. The van der Waals surface area contributed by atoms with E-state index >= 15 is 0 Å². The van der Waals surface area contributed by atoms with Crippen LogP contribution in [0.5, 0.6) is 0 Å². The van der Waals surface area contributed by atoms with Crippen LogP contribution in [0, 0.1) is 13.8 Å². The van der Waals surface area contributed by atoms with Crippen LogP contribution in [0.2, 0.25) is 0 Å². The van der Waals surface area contributed by atoms with Crippen LogP contribution < -0.4 is 0 Å². The third kappa shape index (κ3) is 2.08. The molecule has 1 aromatic heterocycles. The summed E-state index contributed by atoms with van der Waals surface area (Å²) in [5, 5.41) is 0. The van der Waals surface area contributed by atoms with Crippen molar-refractivity contribution >= 4 is 0 Å². The van der Waals surface area contributed by atoms with E-state index in [1.807, 2.05) is 0 Å². The molecule has 0 bridgehead atoms. The fourth-order valence-electron chi connectivity index (χ4n) is 2.46. The Bertz CT molecular complexity index is 678. The minimum atomic E-state index is 1.21. The van der Waals surface area contributed by atoms with Crippen molar-refractivity contribution in [3.05, 3.63) is 78.0 Å². The lowest BCUT2D eigenvalue weighted by Gasteiger charge is -2.12. The minimum Gasteiger partial charge on any atom is -0.314 e. The van der Waals surface area contributed by atoms with E-state index in [0.717, 1.165) is 0 Å². The zero-order valence-corrected chi connectivity index (χ0v) is 11.3. The smallest absolute Gasteiger partial charge is 0.0534 e. The Kier molecular flexibility index (Phi) is 2.96. The molecule has 0 saturated carbocycles. The highest BCUT2D eigenvalue weighted by molar-refractivity contribution is 5.65. The molecule has 0 spiro atoms. The molecule has 2 aromatic carbocycles. The van der Waals surface area contributed by atoms with Crippen LogP contribution in [-0.2, 0) is 0 Å². The molecule has 1 heteroatoms. The van der Waals surface area contributed by atoms with E-state index in [1.165, 1.54) is 28.2 Å². The van der Waals surface area contributed by atoms with Gasteiger partial charge in [-0.2, -0.15) is 0 Å². The lowest BCUT2D eigenvalue weighted by atomic mass is 10.1. The SMILES string of the molecule is Cc1cc(-c2ccccc2)n(-c2ccccc2)c1C. The largest absolute Gasteiger partial charge is 0.314 e. The molecule has 0 aliphatic heterocycles. The Labute approximate surface area is 114 Å². The van der Waals surface area contributed by atoms with Gasteiger partial charge in [-0.3, -0.25) is 0 Å². The van der Waals surface area contributed by atoms with Crippen LogP contribution >= 0.6 is 0 Å². The first-order valence-electron chi connectivity index (χ1n) is 6.57. The summed E-state index contributed by atoms with van der Waals surface area (Å²) in [4.78, 5) is 0. The van der Waals surface area contributed by atoms with Crippen molar-refractivity contribution in [2.45, 2.75) is 13.8 Å². The molecule has 19 heavy (non-hydrogen) atoms. The Morgan fingerprint density at radius 1 is 0.737 bits per heavy atom. The van der Waals surface area contributed by atoms with E-state index in [9.17, 15) is 0 Å². The molecular weight excluding hydrogens is 230 g/mol. The third-order valence-electron chi connectivity index (χ3n) is 3.58. The van der Waals surface area contributed by atoms with Gasteiger partial charge in [0.05, 0.1) is 5.69 Å². The standard InChI is InChI=1S/C18H17N/c1-14-13-18(16-9-5-3-6-10-16)19(15(14)2)17-11-7-4-8-12-17/h3-13H,1-2H3. The van der Waals surface area contributed by atoms with Gasteiger partial charge < -0.3 is 4.57 Å². The van der Waals surface area contributed by atoms with Crippen molar-refractivity contribution in [2.24, 2.45) is 0 Å². The van der Waals surface area contributed by atoms with E-state index in [0.29, 0.717) is 0 Å². The normalized spacial score (nSPS) is 10.6. The molecule has 0 radical (unpaired) electrons. The fraction of sp³-hybridized carbons (Fsp3) is 0.111. The second kappa shape index (κ2) is 4.77. The first-order chi connectivity index (χ1) is 9.27. The Morgan fingerprint density at radius 3 is 1.95 bits per heavy atom. The fourth-order valence-corrected chi connectivity index (χ4v) is 2.46. The summed E-state index contributed by atoms with van der Waals surface area (Å²) in [6.07, 6.45) is 0. The van der Waals surface area contributed by atoms with Gasteiger partial charge in [0.15, 0.2) is 0 Å². The topological polar surface area (TPSA) is 4.93 Å². The molecule has 3 aromatic rings. The Morgan fingerprint density at radius 2 is 1.32 bits per heavy atom. The van der Waals surface area contributed by atoms with Crippen LogP contribution in [0.1, 0.15) is 11.3 Å². The van der Waals surface area contributed by atoms with Crippen LogP contribution in [0.25, 0.3) is 16.9 Å². The summed E-state index contributed by atoms with van der Waals surface area (Å²) in [5.41, 5.74) is 6.34. The highest BCUT2D eigenvalue weighted by atomic mass is 15.0. The van der Waals surface area contributed by atoms with Gasteiger partial charge in [0, 0.05) is 11.4 Å². The van der Waals surface area contributed by atoms with Gasteiger partial charge in [-0.1, -0.05) is 48.5 Å². The lowest BCUT2D eigenvalue weighted by molar-refractivity contribution is 1.01. The lowest BCUT2D eigenvalue weighted by Crippen LogP contribution is -1.98. The monoisotopic (exact) mass is 247 g/mol. The molecule has 0 saturated heterocycles. The first kappa shape index (κ1) is 11.8. The maximum absolute atomic E-state index is 2.32. The van der Waals surface area contributed by atoms with Gasteiger partial charge in [0.1, 0.15) is 0 Å². The van der Waals surface area contributed by atoms with Crippen LogP contribution in [-0.4, -0.2) is 4.57 Å². The molecule has 0 aliphatic carbocycles. The zero-order valence-electron chi connectivity index (χ0n) is 11.3. The summed E-state index contributed by atoms with van der Waals surface area (Å²) >= 11 is 0. The van der Waals surface area contributed by atoms with Crippen LogP contribution in [0.15, 0.2) is 66.7 Å². The molecule has 0 amide bonds. The molecule has 1 heterocycles. The van der Waals surface area contributed by atoms with E-state index < -0.39 is 0 Å². The van der Waals surface area contributed by atoms with E-state index in [-0.39, 0.29) is 0 Å². The van der Waals surface area contributed by atoms with E-state index in [4.69, 9.17) is 0 Å². The van der Waals surface area contributed by atoms with Gasteiger partial charge in [0.2, 0.25) is 0 Å². The van der Waals surface area contributed by atoms with Crippen molar-refractivity contribution in [3.63, 3.8) is 0 Å². The van der Waals surface area contributed by atoms with Crippen molar-refractivity contribution in [1.29, 1.82) is 0 Å². The van der Waals surface area contributed by atoms with Crippen molar-refractivity contribution in [3.8, 4) is 16.9 Å². The predicted molar refractivity (Wildman–Crippen MR) is 80.7 cm³/mol. The van der Waals surface area contributed by atoms with Crippen molar-refractivity contribution in [1.82, 2.24) is 4.57 Å². The first-order valence-corrected chi connectivity index (χ1v) is 6.57. The number of hydrogen-bond acceptors (Lipinski definition) is 0. The predicted octanol–water partition coefficient (Wildman–Crippen LogP) is 4.76. The highest BCUT2D eigenvalue weighted by Gasteiger charge is 2.11. The number of nitrogens with zero attached hydrogens (tertiary/aromatic N) is 1. The van der Waals surface area contributed by atoms with Gasteiger partial charge >= 0.3 is 0 Å². The number of rotatable bonds is 2. The maximum atomic E-state index is 2.32. The summed E-state index contributed by atoms with van der Waals surface area (Å²) in [5.74, 6) is 0. The quantitative estimate of drug-likeness (QED) is 0.615. The van der Waals surface area contributed by atoms with Crippen LogP contribution in [0.4, 0.5) is 0 Å². The molecule has 0 N–H and O–H groups in total. The molecular formula is C18H17N. The molecule has 0 aliphatic rings. The average Bonchev–Trinajstić information content (AvgIpc) is 2.77. The van der Waals surface area contributed by atoms with Crippen LogP contribution in [0.3, 0.4) is 0 Å². The van der Waals surface area contributed by atoms with Gasteiger partial charge in [0.25, 0.3) is 0 Å². The molecule has 94 valence electrons. The van der Waals surface area contributed by atoms with Gasteiger partial charge in [-0.05, 0) is 43.2 Å². The molecule has 1 nitrogen and oxygen atoms in total. The number of benzene rings is 2. The van der Waals surface area contributed by atoms with Gasteiger partial charge in [-0.15, -0.1) is 0 Å². The Hall–Kier alpha value is -2.28. The molecule has 0 atom stereocenters.